The molecule has 0 saturated heterocycles. The second-order valence-electron chi connectivity index (χ2n) is 5.47. The second kappa shape index (κ2) is 5.62. The first-order chi connectivity index (χ1) is 10.9. The highest BCUT2D eigenvalue weighted by Crippen LogP contribution is 2.27. The molecule has 3 aromatic rings. The van der Waals surface area contributed by atoms with E-state index < -0.39 is 10.0 Å². The Hall–Kier alpha value is -2.48. The lowest BCUT2D eigenvalue weighted by Crippen LogP contribution is -2.26. The number of hydrogen-bond donors (Lipinski definition) is 0. The first-order valence-electron chi connectivity index (χ1n) is 7.15. The van der Waals surface area contributed by atoms with Crippen molar-refractivity contribution in [2.45, 2.75) is 24.8 Å². The third kappa shape index (κ3) is 2.65. The van der Waals surface area contributed by atoms with Crippen LogP contribution in [0.1, 0.15) is 19.9 Å². The Bertz CT molecular complexity index is 944. The van der Waals surface area contributed by atoms with Crippen LogP contribution in [0.4, 0.5) is 5.69 Å². The van der Waals surface area contributed by atoms with Gasteiger partial charge in [-0.2, -0.15) is 15.3 Å². The van der Waals surface area contributed by atoms with E-state index >= 15 is 0 Å². The van der Waals surface area contributed by atoms with Crippen molar-refractivity contribution in [1.29, 1.82) is 0 Å². The molecule has 1 aromatic carbocycles. The van der Waals surface area contributed by atoms with E-state index in [0.29, 0.717) is 11.2 Å². The van der Waals surface area contributed by atoms with Crippen LogP contribution in [0.25, 0.3) is 10.9 Å². The van der Waals surface area contributed by atoms with Gasteiger partial charge in [0.15, 0.2) is 0 Å². The normalized spacial score (nSPS) is 12.0. The van der Waals surface area contributed by atoms with Crippen molar-refractivity contribution >= 4 is 26.6 Å². The van der Waals surface area contributed by atoms with Gasteiger partial charge < -0.3 is 0 Å². The average molecular weight is 331 g/mol. The number of aromatic nitrogens is 4. The van der Waals surface area contributed by atoms with Crippen molar-refractivity contribution in [2.24, 2.45) is 0 Å². The minimum absolute atomic E-state index is 0.0904. The summed E-state index contributed by atoms with van der Waals surface area (Å²) in [5.41, 5.74) is 1.12. The highest BCUT2D eigenvalue weighted by Gasteiger charge is 2.25. The van der Waals surface area contributed by atoms with Gasteiger partial charge in [0.05, 0.1) is 23.6 Å². The number of sulfonamides is 1. The molecule has 0 fully saturated rings. The Morgan fingerprint density at radius 3 is 2.61 bits per heavy atom. The van der Waals surface area contributed by atoms with Gasteiger partial charge in [0, 0.05) is 24.7 Å². The lowest BCUT2D eigenvalue weighted by molar-refractivity contribution is 0.531. The summed E-state index contributed by atoms with van der Waals surface area (Å²) in [5, 5.41) is 12.7. The fourth-order valence-corrected chi connectivity index (χ4v) is 3.41. The fraction of sp³-hybridized carbons (Fsp3) is 0.267. The first kappa shape index (κ1) is 15.4. The smallest absolute Gasteiger partial charge is 0.267 e. The molecular formula is C15H17N5O2S. The van der Waals surface area contributed by atoms with Gasteiger partial charge in [0.2, 0.25) is 0 Å². The Kier molecular flexibility index (Phi) is 3.77. The molecule has 0 atom stereocenters. The van der Waals surface area contributed by atoms with E-state index in [9.17, 15) is 8.42 Å². The van der Waals surface area contributed by atoms with Crippen LogP contribution in [0.5, 0.6) is 0 Å². The molecule has 0 N–H and O–H groups in total. The Morgan fingerprint density at radius 1 is 1.17 bits per heavy atom. The largest absolute Gasteiger partial charge is 0.269 e. The molecule has 8 heteroatoms. The molecule has 2 aromatic heterocycles. The number of fused-ring (bicyclic) bond motifs is 1. The van der Waals surface area contributed by atoms with Gasteiger partial charge in [0.1, 0.15) is 4.90 Å². The highest BCUT2D eigenvalue weighted by atomic mass is 32.2. The maximum atomic E-state index is 12.8. The standard InChI is InChI=1S/C15H17N5O2S/c1-11(2)20-10-12(8-17-20)23(21,22)19(3)15-9-16-18-14-7-5-4-6-13(14)15/h4-11H,1-3H3. The molecule has 120 valence electrons. The maximum absolute atomic E-state index is 12.8. The lowest BCUT2D eigenvalue weighted by Gasteiger charge is -2.19. The molecule has 0 aliphatic heterocycles. The van der Waals surface area contributed by atoms with E-state index in [-0.39, 0.29) is 10.9 Å². The highest BCUT2D eigenvalue weighted by molar-refractivity contribution is 7.92. The third-order valence-corrected chi connectivity index (χ3v) is 5.35. The van der Waals surface area contributed by atoms with Crippen molar-refractivity contribution in [3.63, 3.8) is 0 Å². The minimum Gasteiger partial charge on any atom is -0.269 e. The lowest BCUT2D eigenvalue weighted by atomic mass is 10.2. The average Bonchev–Trinajstić information content (AvgIpc) is 3.04. The molecule has 3 rings (SSSR count). The predicted octanol–water partition coefficient (Wildman–Crippen LogP) is 2.23. The van der Waals surface area contributed by atoms with Crippen molar-refractivity contribution < 1.29 is 8.42 Å². The zero-order valence-electron chi connectivity index (χ0n) is 13.1. The van der Waals surface area contributed by atoms with E-state index in [4.69, 9.17) is 0 Å². The van der Waals surface area contributed by atoms with E-state index in [1.165, 1.54) is 29.9 Å². The summed E-state index contributed by atoms with van der Waals surface area (Å²) in [6.07, 6.45) is 4.35. The predicted molar refractivity (Wildman–Crippen MR) is 87.7 cm³/mol. The van der Waals surface area contributed by atoms with Crippen LogP contribution >= 0.6 is 0 Å². The topological polar surface area (TPSA) is 81.0 Å². The first-order valence-corrected chi connectivity index (χ1v) is 8.59. The molecule has 7 nitrogen and oxygen atoms in total. The summed E-state index contributed by atoms with van der Waals surface area (Å²) >= 11 is 0. The summed E-state index contributed by atoms with van der Waals surface area (Å²) < 4.78 is 28.5. The summed E-state index contributed by atoms with van der Waals surface area (Å²) in [5.74, 6) is 0. The molecule has 0 bridgehead atoms. The molecular weight excluding hydrogens is 314 g/mol. The molecule has 0 aliphatic rings. The van der Waals surface area contributed by atoms with Crippen LogP contribution in [0.2, 0.25) is 0 Å². The van der Waals surface area contributed by atoms with Crippen LogP contribution in [0.15, 0.2) is 47.8 Å². The van der Waals surface area contributed by atoms with Crippen LogP contribution in [0.3, 0.4) is 0 Å². The molecule has 0 radical (unpaired) electrons. The fourth-order valence-electron chi connectivity index (χ4n) is 2.27. The molecule has 0 saturated carbocycles. The van der Waals surface area contributed by atoms with Gasteiger partial charge in [0.25, 0.3) is 10.0 Å². The zero-order valence-corrected chi connectivity index (χ0v) is 13.9. The molecule has 0 spiro atoms. The SMILES string of the molecule is CC(C)n1cc(S(=O)(=O)N(C)c2cnnc3ccccc23)cn1. The summed E-state index contributed by atoms with van der Waals surface area (Å²) in [6.45, 7) is 3.88. The molecule has 23 heavy (non-hydrogen) atoms. The Morgan fingerprint density at radius 2 is 1.91 bits per heavy atom. The van der Waals surface area contributed by atoms with Gasteiger partial charge in [-0.05, 0) is 19.9 Å². The van der Waals surface area contributed by atoms with Crippen molar-refractivity contribution in [1.82, 2.24) is 20.0 Å². The van der Waals surface area contributed by atoms with E-state index in [0.717, 1.165) is 5.39 Å². The van der Waals surface area contributed by atoms with Crippen molar-refractivity contribution in [3.8, 4) is 0 Å². The van der Waals surface area contributed by atoms with Crippen molar-refractivity contribution in [3.05, 3.63) is 42.9 Å². The van der Waals surface area contributed by atoms with Crippen molar-refractivity contribution in [2.75, 3.05) is 11.4 Å². The van der Waals surface area contributed by atoms with E-state index in [2.05, 4.69) is 15.3 Å². The monoisotopic (exact) mass is 331 g/mol. The number of nitrogens with zero attached hydrogens (tertiary/aromatic N) is 5. The van der Waals surface area contributed by atoms with Gasteiger partial charge >= 0.3 is 0 Å². The van der Waals surface area contributed by atoms with E-state index in [1.807, 2.05) is 32.0 Å². The molecule has 0 aliphatic carbocycles. The number of rotatable bonds is 4. The summed E-state index contributed by atoms with van der Waals surface area (Å²) in [7, 11) is -2.21. The number of benzene rings is 1. The van der Waals surface area contributed by atoms with Crippen LogP contribution in [-0.4, -0.2) is 35.4 Å². The van der Waals surface area contributed by atoms with Gasteiger partial charge in [-0.15, -0.1) is 0 Å². The minimum atomic E-state index is -3.71. The van der Waals surface area contributed by atoms with Gasteiger partial charge in [-0.1, -0.05) is 18.2 Å². The summed E-state index contributed by atoms with van der Waals surface area (Å²) in [4.78, 5) is 0.148. The van der Waals surface area contributed by atoms with Gasteiger partial charge in [-0.25, -0.2) is 8.42 Å². The Labute approximate surface area is 134 Å². The summed E-state index contributed by atoms with van der Waals surface area (Å²) in [6, 6.07) is 7.38. The molecule has 0 amide bonds. The zero-order chi connectivity index (χ0) is 16.6. The quantitative estimate of drug-likeness (QED) is 0.732. The second-order valence-corrected chi connectivity index (χ2v) is 7.44. The van der Waals surface area contributed by atoms with Gasteiger partial charge in [-0.3, -0.25) is 8.99 Å². The van der Waals surface area contributed by atoms with Crippen LogP contribution in [-0.2, 0) is 10.0 Å². The van der Waals surface area contributed by atoms with Crippen LogP contribution in [0, 0.1) is 0 Å². The van der Waals surface area contributed by atoms with Crippen LogP contribution < -0.4 is 4.31 Å². The number of anilines is 1. The number of hydrogen-bond acceptors (Lipinski definition) is 5. The molecule has 2 heterocycles. The van der Waals surface area contributed by atoms with E-state index in [1.54, 1.807) is 10.7 Å². The molecule has 0 unspecified atom stereocenters. The third-order valence-electron chi connectivity index (χ3n) is 3.63. The Balaban J connectivity index is 2.08. The maximum Gasteiger partial charge on any atom is 0.267 e.